The lowest BCUT2D eigenvalue weighted by Crippen LogP contribution is -2.47. The van der Waals surface area contributed by atoms with Crippen molar-refractivity contribution in [3.8, 4) is 0 Å². The summed E-state index contributed by atoms with van der Waals surface area (Å²) in [6, 6.07) is 11.5. The molecule has 2 atom stereocenters. The number of rotatable bonds is 8. The van der Waals surface area contributed by atoms with Crippen LogP contribution in [-0.4, -0.2) is 44.3 Å². The van der Waals surface area contributed by atoms with Gasteiger partial charge in [-0.15, -0.1) is 0 Å². The zero-order chi connectivity index (χ0) is 23.5. The fourth-order valence-corrected chi connectivity index (χ4v) is 6.93. The highest BCUT2D eigenvalue weighted by Gasteiger charge is 2.35. The smallest absolute Gasteiger partial charge is 0.303 e. The lowest BCUT2D eigenvalue weighted by molar-refractivity contribution is -0.136. The third kappa shape index (κ3) is 5.48. The maximum absolute atomic E-state index is 13.1. The minimum absolute atomic E-state index is 0.0317. The minimum Gasteiger partial charge on any atom is -0.481 e. The van der Waals surface area contributed by atoms with Gasteiger partial charge in [-0.2, -0.15) is 4.31 Å². The Labute approximate surface area is 189 Å². The summed E-state index contributed by atoms with van der Waals surface area (Å²) >= 11 is 0. The molecule has 2 aromatic rings. The van der Waals surface area contributed by atoms with E-state index in [1.54, 1.807) is 16.4 Å². The van der Waals surface area contributed by atoms with E-state index in [1.807, 2.05) is 13.8 Å². The second kappa shape index (κ2) is 9.60. The Kier molecular flexibility index (Phi) is 7.26. The number of nitrogens with one attached hydrogen (secondary N) is 1. The van der Waals surface area contributed by atoms with Crippen molar-refractivity contribution >= 4 is 31.7 Å². The molecule has 0 aliphatic carbocycles. The van der Waals surface area contributed by atoms with Crippen molar-refractivity contribution in [2.75, 3.05) is 4.72 Å². The first-order valence-corrected chi connectivity index (χ1v) is 13.4. The summed E-state index contributed by atoms with van der Waals surface area (Å²) in [5.41, 5.74) is 0.973. The maximum Gasteiger partial charge on any atom is 0.303 e. The minimum atomic E-state index is -3.87. The average molecular weight is 481 g/mol. The fraction of sp³-hybridized carbons (Fsp3) is 0.409. The summed E-state index contributed by atoms with van der Waals surface area (Å²) in [4.78, 5) is 10.8. The van der Waals surface area contributed by atoms with Crippen molar-refractivity contribution in [3.05, 3.63) is 54.1 Å². The summed E-state index contributed by atoms with van der Waals surface area (Å²) < 4.78 is 55.5. The number of piperidine rings is 1. The van der Waals surface area contributed by atoms with Gasteiger partial charge in [-0.25, -0.2) is 16.8 Å². The first-order valence-electron chi connectivity index (χ1n) is 10.5. The van der Waals surface area contributed by atoms with Crippen LogP contribution in [0.3, 0.4) is 0 Å². The molecule has 0 radical (unpaired) electrons. The van der Waals surface area contributed by atoms with Gasteiger partial charge in [-0.3, -0.25) is 9.52 Å². The van der Waals surface area contributed by atoms with E-state index in [1.165, 1.54) is 36.4 Å². The van der Waals surface area contributed by atoms with E-state index < -0.39 is 26.0 Å². The van der Waals surface area contributed by atoms with Crippen LogP contribution in [0.25, 0.3) is 0 Å². The number of carboxylic acids is 1. The normalized spacial score (nSPS) is 20.1. The Morgan fingerprint density at radius 1 is 0.938 bits per heavy atom. The predicted octanol–water partition coefficient (Wildman–Crippen LogP) is 3.46. The molecule has 1 fully saturated rings. The van der Waals surface area contributed by atoms with Gasteiger partial charge in [-0.05, 0) is 75.1 Å². The fourth-order valence-electron chi connectivity index (χ4n) is 3.99. The van der Waals surface area contributed by atoms with Gasteiger partial charge in [0, 0.05) is 24.2 Å². The molecule has 8 nitrogen and oxygen atoms in total. The van der Waals surface area contributed by atoms with Gasteiger partial charge in [0.1, 0.15) is 0 Å². The van der Waals surface area contributed by atoms with Crippen molar-refractivity contribution in [2.24, 2.45) is 0 Å². The molecule has 1 aliphatic heterocycles. The lowest BCUT2D eigenvalue weighted by Gasteiger charge is -2.37. The SMILES string of the molecule is CC1CCCC(C)N1S(=O)(=O)c1ccc(NS(=O)(=O)c2ccc(CCC(=O)O)cc2)cc1. The number of nitrogens with zero attached hydrogens (tertiary/aromatic N) is 1. The van der Waals surface area contributed by atoms with Crippen LogP contribution in [0.5, 0.6) is 0 Å². The van der Waals surface area contributed by atoms with Crippen molar-refractivity contribution in [3.63, 3.8) is 0 Å². The Bertz CT molecular complexity index is 1150. The molecule has 1 saturated heterocycles. The molecule has 0 aromatic heterocycles. The number of anilines is 1. The molecule has 0 spiro atoms. The molecule has 2 aromatic carbocycles. The molecule has 2 unspecified atom stereocenters. The highest BCUT2D eigenvalue weighted by Crippen LogP contribution is 2.30. The summed E-state index contributed by atoms with van der Waals surface area (Å²) in [5, 5.41) is 8.75. The Morgan fingerprint density at radius 3 is 2.00 bits per heavy atom. The van der Waals surface area contributed by atoms with E-state index in [0.717, 1.165) is 24.8 Å². The van der Waals surface area contributed by atoms with Crippen LogP contribution in [0.2, 0.25) is 0 Å². The Hall–Kier alpha value is -2.43. The van der Waals surface area contributed by atoms with Gasteiger partial charge in [0.25, 0.3) is 10.0 Å². The number of sulfonamides is 2. The third-order valence-corrected chi connectivity index (χ3v) is 9.20. The number of hydrogen-bond acceptors (Lipinski definition) is 5. The molecule has 10 heteroatoms. The van der Waals surface area contributed by atoms with Crippen molar-refractivity contribution in [1.82, 2.24) is 4.31 Å². The molecule has 174 valence electrons. The zero-order valence-electron chi connectivity index (χ0n) is 18.1. The second-order valence-corrected chi connectivity index (χ2v) is 11.7. The van der Waals surface area contributed by atoms with Crippen LogP contribution in [0.4, 0.5) is 5.69 Å². The van der Waals surface area contributed by atoms with E-state index in [-0.39, 0.29) is 34.0 Å². The molecule has 2 N–H and O–H groups in total. The van der Waals surface area contributed by atoms with E-state index in [0.29, 0.717) is 6.42 Å². The quantitative estimate of drug-likeness (QED) is 0.597. The van der Waals surface area contributed by atoms with Gasteiger partial charge in [0.2, 0.25) is 10.0 Å². The number of aryl methyl sites for hydroxylation is 1. The number of carbonyl (C=O) groups is 1. The van der Waals surface area contributed by atoms with Crippen LogP contribution in [0.1, 0.15) is 45.1 Å². The van der Waals surface area contributed by atoms with Crippen LogP contribution in [0.15, 0.2) is 58.3 Å². The average Bonchev–Trinajstić information content (AvgIpc) is 2.72. The third-order valence-electron chi connectivity index (χ3n) is 5.66. The number of benzene rings is 2. The van der Waals surface area contributed by atoms with Gasteiger partial charge in [0.05, 0.1) is 9.79 Å². The van der Waals surface area contributed by atoms with Crippen LogP contribution in [-0.2, 0) is 31.3 Å². The van der Waals surface area contributed by atoms with Crippen molar-refractivity contribution in [1.29, 1.82) is 0 Å². The molecule has 1 aliphatic rings. The molecular weight excluding hydrogens is 452 g/mol. The Morgan fingerprint density at radius 2 is 1.47 bits per heavy atom. The molecule has 0 bridgehead atoms. The van der Waals surface area contributed by atoms with E-state index in [2.05, 4.69) is 4.72 Å². The Balaban J connectivity index is 1.74. The molecular formula is C22H28N2O6S2. The second-order valence-electron chi connectivity index (χ2n) is 8.13. The zero-order valence-corrected chi connectivity index (χ0v) is 19.7. The molecule has 32 heavy (non-hydrogen) atoms. The van der Waals surface area contributed by atoms with Crippen LogP contribution in [0, 0.1) is 0 Å². The number of hydrogen-bond donors (Lipinski definition) is 2. The molecule has 0 saturated carbocycles. The van der Waals surface area contributed by atoms with Crippen LogP contribution >= 0.6 is 0 Å². The summed E-state index contributed by atoms with van der Waals surface area (Å²) in [5.74, 6) is -0.918. The molecule has 0 amide bonds. The van der Waals surface area contributed by atoms with Crippen LogP contribution < -0.4 is 4.72 Å². The standard InChI is InChI=1S/C22H28N2O6S2/c1-16-4-3-5-17(2)24(16)32(29,30)21-13-9-19(10-14-21)23-31(27,28)20-11-6-18(7-12-20)8-15-22(25)26/h6-7,9-14,16-17,23H,3-5,8,15H2,1-2H3,(H,25,26). The van der Waals surface area contributed by atoms with Crippen molar-refractivity contribution in [2.45, 2.75) is 67.8 Å². The largest absolute Gasteiger partial charge is 0.481 e. The van der Waals surface area contributed by atoms with Crippen molar-refractivity contribution < 1.29 is 26.7 Å². The van der Waals surface area contributed by atoms with Gasteiger partial charge >= 0.3 is 5.97 Å². The van der Waals surface area contributed by atoms with Gasteiger partial charge < -0.3 is 5.11 Å². The predicted molar refractivity (Wildman–Crippen MR) is 121 cm³/mol. The number of aliphatic carboxylic acids is 1. The topological polar surface area (TPSA) is 121 Å². The molecule has 1 heterocycles. The summed E-state index contributed by atoms with van der Waals surface area (Å²) in [6.45, 7) is 3.81. The highest BCUT2D eigenvalue weighted by molar-refractivity contribution is 7.92. The van der Waals surface area contributed by atoms with Gasteiger partial charge in [0.15, 0.2) is 0 Å². The highest BCUT2D eigenvalue weighted by atomic mass is 32.2. The first-order chi connectivity index (χ1) is 15.0. The van der Waals surface area contributed by atoms with E-state index >= 15 is 0 Å². The molecule has 3 rings (SSSR count). The number of carboxylic acid groups (broad SMARTS) is 1. The van der Waals surface area contributed by atoms with E-state index in [4.69, 9.17) is 5.11 Å². The monoisotopic (exact) mass is 480 g/mol. The lowest BCUT2D eigenvalue weighted by atomic mass is 10.0. The summed E-state index contributed by atoms with van der Waals surface area (Å²) in [7, 11) is -7.55. The van der Waals surface area contributed by atoms with Gasteiger partial charge in [-0.1, -0.05) is 18.6 Å². The summed E-state index contributed by atoms with van der Waals surface area (Å²) in [6.07, 6.45) is 2.91. The maximum atomic E-state index is 13.1. The van der Waals surface area contributed by atoms with E-state index in [9.17, 15) is 21.6 Å². The first kappa shape index (κ1) is 24.2.